The Morgan fingerprint density at radius 3 is 2.23 bits per heavy atom. The zero-order chi connectivity index (χ0) is 24.8. The number of hydrogen-bond acceptors (Lipinski definition) is 1. The molecule has 184 valence electrons. The van der Waals surface area contributed by atoms with Gasteiger partial charge in [-0.25, -0.2) is 13.2 Å². The highest BCUT2D eigenvalue weighted by atomic mass is 19.2. The summed E-state index contributed by atoms with van der Waals surface area (Å²) in [6.07, 6.45) is 8.72. The van der Waals surface area contributed by atoms with Crippen molar-refractivity contribution in [3.05, 3.63) is 95.8 Å². The highest BCUT2D eigenvalue weighted by molar-refractivity contribution is 5.71. The zero-order valence-corrected chi connectivity index (χ0v) is 20.3. The summed E-state index contributed by atoms with van der Waals surface area (Å²) in [4.78, 5) is 0. The average molecular weight is 479 g/mol. The quantitative estimate of drug-likeness (QED) is 0.220. The van der Waals surface area contributed by atoms with Gasteiger partial charge in [0.1, 0.15) is 5.82 Å². The van der Waals surface area contributed by atoms with E-state index in [0.29, 0.717) is 22.6 Å². The smallest absolute Gasteiger partial charge is 0.166 e. The van der Waals surface area contributed by atoms with Crippen LogP contribution in [0.2, 0.25) is 0 Å². The first-order chi connectivity index (χ1) is 17.0. The molecule has 1 saturated heterocycles. The summed E-state index contributed by atoms with van der Waals surface area (Å²) in [5, 5.41) is 0. The molecule has 35 heavy (non-hydrogen) atoms. The number of hydrogen-bond donors (Lipinski definition) is 0. The molecule has 0 saturated carbocycles. The summed E-state index contributed by atoms with van der Waals surface area (Å²) < 4.78 is 50.1. The Hall–Kier alpha value is -2.85. The van der Waals surface area contributed by atoms with Crippen LogP contribution in [0.15, 0.2) is 67.3 Å². The van der Waals surface area contributed by atoms with Crippen molar-refractivity contribution in [2.45, 2.75) is 58.0 Å². The number of allylic oxidation sites excluding steroid dienone is 1. The van der Waals surface area contributed by atoms with Crippen molar-refractivity contribution in [3.8, 4) is 22.3 Å². The van der Waals surface area contributed by atoms with Crippen LogP contribution in [0.4, 0.5) is 13.2 Å². The van der Waals surface area contributed by atoms with Crippen molar-refractivity contribution in [3.63, 3.8) is 0 Å². The minimum atomic E-state index is -0.882. The lowest BCUT2D eigenvalue weighted by Gasteiger charge is -2.29. The summed E-state index contributed by atoms with van der Waals surface area (Å²) in [7, 11) is 0. The second-order valence-corrected chi connectivity index (χ2v) is 9.47. The van der Waals surface area contributed by atoms with Crippen molar-refractivity contribution in [1.82, 2.24) is 0 Å². The molecular weight excluding hydrogens is 445 g/mol. The number of benzene rings is 3. The van der Waals surface area contributed by atoms with E-state index in [4.69, 9.17) is 4.74 Å². The molecule has 1 heterocycles. The van der Waals surface area contributed by atoms with Gasteiger partial charge in [0.05, 0.1) is 12.7 Å². The molecule has 1 aliphatic heterocycles. The van der Waals surface area contributed by atoms with Crippen LogP contribution in [0, 0.1) is 23.4 Å². The first-order valence-corrected chi connectivity index (χ1v) is 12.6. The van der Waals surface area contributed by atoms with Crippen LogP contribution in [0.1, 0.15) is 62.7 Å². The van der Waals surface area contributed by atoms with Gasteiger partial charge in [-0.3, -0.25) is 0 Å². The van der Waals surface area contributed by atoms with Crippen molar-refractivity contribution in [2.24, 2.45) is 5.92 Å². The third-order valence-electron chi connectivity index (χ3n) is 6.98. The Morgan fingerprint density at radius 1 is 0.886 bits per heavy atom. The van der Waals surface area contributed by atoms with E-state index in [0.717, 1.165) is 25.0 Å². The van der Waals surface area contributed by atoms with Gasteiger partial charge in [0.2, 0.25) is 0 Å². The van der Waals surface area contributed by atoms with Crippen molar-refractivity contribution in [1.29, 1.82) is 0 Å². The van der Waals surface area contributed by atoms with Crippen LogP contribution >= 0.6 is 0 Å². The van der Waals surface area contributed by atoms with Gasteiger partial charge < -0.3 is 4.74 Å². The molecule has 2 atom stereocenters. The van der Waals surface area contributed by atoms with E-state index in [9.17, 15) is 8.78 Å². The molecule has 3 aromatic carbocycles. The van der Waals surface area contributed by atoms with Crippen LogP contribution in [-0.2, 0) is 11.2 Å². The Morgan fingerprint density at radius 2 is 1.60 bits per heavy atom. The lowest BCUT2D eigenvalue weighted by molar-refractivity contribution is -0.0200. The molecule has 0 bridgehead atoms. The van der Waals surface area contributed by atoms with E-state index >= 15 is 4.39 Å². The largest absolute Gasteiger partial charge is 0.373 e. The normalized spacial score (nSPS) is 17.9. The molecular formula is C31H33F3O. The van der Waals surface area contributed by atoms with Crippen molar-refractivity contribution < 1.29 is 17.9 Å². The maximum absolute atomic E-state index is 15.1. The molecule has 3 aromatic rings. The minimum Gasteiger partial charge on any atom is -0.373 e. The highest BCUT2D eigenvalue weighted by Gasteiger charge is 2.23. The topological polar surface area (TPSA) is 9.23 Å². The Balaban J connectivity index is 1.45. The number of halogens is 3. The second kappa shape index (κ2) is 11.7. The molecule has 4 rings (SSSR count). The Labute approximate surface area is 206 Å². The van der Waals surface area contributed by atoms with E-state index in [1.807, 2.05) is 6.07 Å². The Kier molecular flexibility index (Phi) is 8.46. The zero-order valence-electron chi connectivity index (χ0n) is 20.3. The maximum atomic E-state index is 15.1. The third kappa shape index (κ3) is 5.87. The lowest BCUT2D eigenvalue weighted by atomic mass is 9.90. The van der Waals surface area contributed by atoms with E-state index in [1.165, 1.54) is 31.8 Å². The molecule has 0 radical (unpaired) electrons. The van der Waals surface area contributed by atoms with Gasteiger partial charge in [-0.2, -0.15) is 0 Å². The molecule has 2 unspecified atom stereocenters. The maximum Gasteiger partial charge on any atom is 0.166 e. The van der Waals surface area contributed by atoms with Crippen molar-refractivity contribution >= 4 is 0 Å². The molecule has 0 spiro atoms. The summed E-state index contributed by atoms with van der Waals surface area (Å²) in [5.74, 6) is -1.44. The molecule has 1 fully saturated rings. The summed E-state index contributed by atoms with van der Waals surface area (Å²) in [6, 6.07) is 15.3. The van der Waals surface area contributed by atoms with Gasteiger partial charge in [-0.1, -0.05) is 80.8 Å². The second-order valence-electron chi connectivity index (χ2n) is 9.47. The summed E-state index contributed by atoms with van der Waals surface area (Å²) >= 11 is 0. The fraction of sp³-hybridized carbons (Fsp3) is 0.355. The van der Waals surface area contributed by atoms with Crippen LogP contribution < -0.4 is 0 Å². The molecule has 4 heteroatoms. The molecule has 1 aliphatic rings. The SMILES string of the molecule is C=CCc1ccc(-c2ccc(-c3ccc(C4CCC(CCCCC)CO4)cc3F)cc2)c(F)c1F. The highest BCUT2D eigenvalue weighted by Crippen LogP contribution is 2.35. The van der Waals surface area contributed by atoms with Crippen LogP contribution in [0.25, 0.3) is 22.3 Å². The summed E-state index contributed by atoms with van der Waals surface area (Å²) in [6.45, 7) is 6.53. The van der Waals surface area contributed by atoms with E-state index in [2.05, 4.69) is 13.5 Å². The molecule has 0 N–H and O–H groups in total. The lowest BCUT2D eigenvalue weighted by Crippen LogP contribution is -2.20. The number of unbranched alkanes of at least 4 members (excludes halogenated alkanes) is 2. The minimum absolute atomic E-state index is 0.0646. The molecule has 0 aromatic heterocycles. The van der Waals surface area contributed by atoms with Gasteiger partial charge in [-0.05, 0) is 59.9 Å². The number of ether oxygens (including phenoxy) is 1. The average Bonchev–Trinajstić information content (AvgIpc) is 2.88. The Bertz CT molecular complexity index is 1140. The fourth-order valence-corrected chi connectivity index (χ4v) is 4.90. The standard InChI is InChI=1S/C31H33F3O/c1-3-5-6-8-21-9-18-29(35-20-21)25-15-16-26(28(32)19-25)22-10-12-23(13-11-22)27-17-14-24(7-4-2)30(33)31(27)34/h4,10-17,19,21,29H,2-3,5-9,18,20H2,1H3. The molecule has 0 amide bonds. The van der Waals surface area contributed by atoms with E-state index < -0.39 is 11.6 Å². The first kappa shape index (κ1) is 25.2. The van der Waals surface area contributed by atoms with Crippen LogP contribution in [0.3, 0.4) is 0 Å². The van der Waals surface area contributed by atoms with Gasteiger partial charge in [0.15, 0.2) is 11.6 Å². The van der Waals surface area contributed by atoms with E-state index in [1.54, 1.807) is 48.5 Å². The van der Waals surface area contributed by atoms with Gasteiger partial charge in [0.25, 0.3) is 0 Å². The monoisotopic (exact) mass is 478 g/mol. The first-order valence-electron chi connectivity index (χ1n) is 12.6. The third-order valence-corrected chi connectivity index (χ3v) is 6.98. The van der Waals surface area contributed by atoms with Gasteiger partial charge in [0, 0.05) is 11.1 Å². The summed E-state index contributed by atoms with van der Waals surface area (Å²) in [5.41, 5.74) is 3.02. The predicted octanol–water partition coefficient (Wildman–Crippen LogP) is 9.21. The van der Waals surface area contributed by atoms with Crippen LogP contribution in [-0.4, -0.2) is 6.61 Å². The van der Waals surface area contributed by atoms with E-state index in [-0.39, 0.29) is 29.5 Å². The van der Waals surface area contributed by atoms with Crippen LogP contribution in [0.5, 0.6) is 0 Å². The van der Waals surface area contributed by atoms with Crippen molar-refractivity contribution in [2.75, 3.05) is 6.61 Å². The molecule has 1 nitrogen and oxygen atoms in total. The fourth-order valence-electron chi connectivity index (χ4n) is 4.90. The van der Waals surface area contributed by atoms with Gasteiger partial charge >= 0.3 is 0 Å². The molecule has 0 aliphatic carbocycles. The predicted molar refractivity (Wildman–Crippen MR) is 137 cm³/mol. The number of rotatable bonds is 9. The van der Waals surface area contributed by atoms with Gasteiger partial charge in [-0.15, -0.1) is 6.58 Å².